The van der Waals surface area contributed by atoms with Gasteiger partial charge in [-0.25, -0.2) is 4.79 Å². The monoisotopic (exact) mass is 356 g/mol. The van der Waals surface area contributed by atoms with Crippen LogP contribution in [0.5, 0.6) is 0 Å². The first-order chi connectivity index (χ1) is 12.3. The number of aliphatic hydroxyl groups is 1. The van der Waals surface area contributed by atoms with Gasteiger partial charge in [0.1, 0.15) is 6.61 Å². The van der Waals surface area contributed by atoms with Crippen molar-refractivity contribution in [3.05, 3.63) is 37.0 Å². The third kappa shape index (κ3) is 15.8. The smallest absolute Gasteiger partial charge is 0.333 e. The Kier molecular flexibility index (Phi) is 17.8. The number of hydrogen-bond acceptors (Lipinski definition) is 6. The number of carbonyl (C=O) groups excluding carboxylic acids is 1. The molecular weight excluding hydrogens is 324 g/mol. The van der Waals surface area contributed by atoms with Crippen LogP contribution in [0.4, 0.5) is 0 Å². The van der Waals surface area contributed by atoms with Crippen LogP contribution in [0.15, 0.2) is 37.0 Å². The summed E-state index contributed by atoms with van der Waals surface area (Å²) in [5.41, 5.74) is 0.799. The maximum absolute atomic E-state index is 11.6. The minimum atomic E-state index is -0.213. The molecule has 0 aromatic carbocycles. The molecule has 0 heterocycles. The fraction of sp³-hybridized carbons (Fsp3) is 0.632. The van der Waals surface area contributed by atoms with Crippen LogP contribution in [0.25, 0.3) is 0 Å². The van der Waals surface area contributed by atoms with Crippen LogP contribution in [-0.4, -0.2) is 63.9 Å². The zero-order valence-electron chi connectivity index (χ0n) is 15.1. The highest BCUT2D eigenvalue weighted by atomic mass is 16.6. The fourth-order valence-electron chi connectivity index (χ4n) is 1.93. The molecule has 0 spiro atoms. The number of hydrogen-bond donors (Lipinski definition) is 1. The van der Waals surface area contributed by atoms with Crippen LogP contribution < -0.4 is 0 Å². The topological polar surface area (TPSA) is 74.2 Å². The van der Waals surface area contributed by atoms with E-state index in [9.17, 15) is 4.79 Å². The van der Waals surface area contributed by atoms with Crippen LogP contribution in [-0.2, 0) is 23.7 Å². The second-order valence-corrected chi connectivity index (χ2v) is 5.17. The fourth-order valence-corrected chi connectivity index (χ4v) is 1.93. The van der Waals surface area contributed by atoms with E-state index in [-0.39, 0.29) is 19.2 Å². The van der Waals surface area contributed by atoms with Crippen molar-refractivity contribution in [3.63, 3.8) is 0 Å². The van der Waals surface area contributed by atoms with E-state index in [1.807, 2.05) is 6.08 Å². The molecular formula is C19H32O6. The molecule has 1 aliphatic rings. The van der Waals surface area contributed by atoms with Crippen LogP contribution in [0.1, 0.15) is 25.7 Å². The van der Waals surface area contributed by atoms with E-state index >= 15 is 0 Å². The van der Waals surface area contributed by atoms with Crippen molar-refractivity contribution < 1.29 is 28.8 Å². The molecule has 0 radical (unpaired) electrons. The molecule has 0 fully saturated rings. The summed E-state index contributed by atoms with van der Waals surface area (Å²) in [5, 5.41) is 8.46. The van der Waals surface area contributed by atoms with E-state index in [4.69, 9.17) is 24.1 Å². The van der Waals surface area contributed by atoms with E-state index in [0.717, 1.165) is 31.3 Å². The maximum atomic E-state index is 11.6. The molecule has 0 bridgehead atoms. The van der Waals surface area contributed by atoms with Crippen LogP contribution in [0.2, 0.25) is 0 Å². The average Bonchev–Trinajstić information content (AvgIpc) is 2.65. The van der Waals surface area contributed by atoms with Gasteiger partial charge in [-0.1, -0.05) is 18.2 Å². The van der Waals surface area contributed by atoms with Gasteiger partial charge in [-0.2, -0.15) is 0 Å². The molecule has 0 aliphatic heterocycles. The van der Waals surface area contributed by atoms with Crippen molar-refractivity contribution in [1.82, 2.24) is 0 Å². The first-order valence-corrected chi connectivity index (χ1v) is 8.68. The second kappa shape index (κ2) is 18.9. The molecule has 25 heavy (non-hydrogen) atoms. The zero-order valence-corrected chi connectivity index (χ0v) is 15.1. The first-order valence-electron chi connectivity index (χ1n) is 8.68. The van der Waals surface area contributed by atoms with Gasteiger partial charge >= 0.3 is 5.97 Å². The highest BCUT2D eigenvalue weighted by molar-refractivity contribution is 5.88. The molecule has 1 rings (SSSR count). The van der Waals surface area contributed by atoms with Gasteiger partial charge < -0.3 is 24.1 Å². The van der Waals surface area contributed by atoms with Gasteiger partial charge in [0.25, 0.3) is 0 Å². The standard InChI is InChI=1S/C13H22O5.C6H10O/c14-6-7-16-8-9-17-10-11-18-13(15)12-4-2-1-3-5-12;1-3-5-7-6-4-2/h4,14H,1-3,5-11H2;3-4H,1-2,5-6H2. The SMILES string of the molecule is C=CCOCC=C.O=C(OCCOCCOCCO)C1=CCCCC1. The minimum absolute atomic E-state index is 0.0206. The lowest BCUT2D eigenvalue weighted by molar-refractivity contribution is -0.141. The van der Waals surface area contributed by atoms with E-state index in [1.54, 1.807) is 12.2 Å². The molecule has 6 heteroatoms. The number of esters is 1. The van der Waals surface area contributed by atoms with Crippen LogP contribution in [0.3, 0.4) is 0 Å². The highest BCUT2D eigenvalue weighted by Gasteiger charge is 2.12. The number of carbonyl (C=O) groups is 1. The van der Waals surface area contributed by atoms with E-state index in [2.05, 4.69) is 13.2 Å². The maximum Gasteiger partial charge on any atom is 0.333 e. The van der Waals surface area contributed by atoms with Gasteiger partial charge in [-0.15, -0.1) is 13.2 Å². The van der Waals surface area contributed by atoms with E-state index < -0.39 is 0 Å². The molecule has 144 valence electrons. The summed E-state index contributed by atoms with van der Waals surface area (Å²) in [5.74, 6) is -0.213. The molecule has 0 amide bonds. The lowest BCUT2D eigenvalue weighted by Crippen LogP contribution is -2.15. The molecule has 6 nitrogen and oxygen atoms in total. The van der Waals surface area contributed by atoms with Crippen molar-refractivity contribution in [3.8, 4) is 0 Å². The lowest BCUT2D eigenvalue weighted by Gasteiger charge is -2.12. The normalized spacial score (nSPS) is 13.2. The number of ether oxygens (including phenoxy) is 4. The third-order valence-electron chi connectivity index (χ3n) is 3.09. The average molecular weight is 356 g/mol. The molecule has 0 saturated carbocycles. The molecule has 0 atom stereocenters. The van der Waals surface area contributed by atoms with Gasteiger partial charge in [-0.3, -0.25) is 0 Å². The Balaban J connectivity index is 0.000000697. The Hall–Kier alpha value is -1.47. The number of aliphatic hydroxyl groups excluding tert-OH is 1. The summed E-state index contributed by atoms with van der Waals surface area (Å²) in [6, 6.07) is 0. The summed E-state index contributed by atoms with van der Waals surface area (Å²) >= 11 is 0. The summed E-state index contributed by atoms with van der Waals surface area (Å²) < 4.78 is 20.2. The Morgan fingerprint density at radius 1 is 1.00 bits per heavy atom. The molecule has 0 unspecified atom stereocenters. The highest BCUT2D eigenvalue weighted by Crippen LogP contribution is 2.18. The lowest BCUT2D eigenvalue weighted by atomic mass is 10.00. The van der Waals surface area contributed by atoms with Crippen LogP contribution in [0, 0.1) is 0 Å². The minimum Gasteiger partial charge on any atom is -0.460 e. The predicted octanol–water partition coefficient (Wildman–Crippen LogP) is 2.43. The van der Waals surface area contributed by atoms with E-state index in [1.165, 1.54) is 0 Å². The van der Waals surface area contributed by atoms with Crippen molar-refractivity contribution in [2.45, 2.75) is 25.7 Å². The molecule has 0 aromatic rings. The Labute approximate surface area is 151 Å². The summed E-state index contributed by atoms with van der Waals surface area (Å²) in [6.07, 6.45) is 9.42. The van der Waals surface area contributed by atoms with Gasteiger partial charge in [0.2, 0.25) is 0 Å². The summed E-state index contributed by atoms with van der Waals surface area (Å²) in [6.45, 7) is 10.1. The van der Waals surface area contributed by atoms with Crippen molar-refractivity contribution >= 4 is 5.97 Å². The zero-order chi connectivity index (χ0) is 18.6. The predicted molar refractivity (Wildman–Crippen MR) is 97.4 cm³/mol. The quantitative estimate of drug-likeness (QED) is 0.310. The van der Waals surface area contributed by atoms with Crippen molar-refractivity contribution in [2.75, 3.05) is 52.9 Å². The first kappa shape index (κ1) is 23.5. The second-order valence-electron chi connectivity index (χ2n) is 5.17. The Bertz CT molecular complexity index is 370. The number of rotatable bonds is 13. The van der Waals surface area contributed by atoms with Gasteiger partial charge in [0, 0.05) is 5.57 Å². The Morgan fingerprint density at radius 2 is 1.64 bits per heavy atom. The number of allylic oxidation sites excluding steroid dienone is 1. The molecule has 1 aliphatic carbocycles. The van der Waals surface area contributed by atoms with Gasteiger partial charge in [0.05, 0.1) is 46.2 Å². The van der Waals surface area contributed by atoms with E-state index in [0.29, 0.717) is 39.6 Å². The largest absolute Gasteiger partial charge is 0.460 e. The van der Waals surface area contributed by atoms with Crippen molar-refractivity contribution in [2.24, 2.45) is 0 Å². The molecule has 1 N–H and O–H groups in total. The molecule has 0 aromatic heterocycles. The van der Waals surface area contributed by atoms with Gasteiger partial charge in [-0.05, 0) is 25.7 Å². The third-order valence-corrected chi connectivity index (χ3v) is 3.09. The van der Waals surface area contributed by atoms with Crippen LogP contribution >= 0.6 is 0 Å². The molecule has 0 saturated heterocycles. The summed E-state index contributed by atoms with van der Waals surface area (Å²) in [7, 11) is 0. The summed E-state index contributed by atoms with van der Waals surface area (Å²) in [4.78, 5) is 11.6. The Morgan fingerprint density at radius 3 is 2.20 bits per heavy atom. The van der Waals surface area contributed by atoms with Crippen molar-refractivity contribution in [1.29, 1.82) is 0 Å². The van der Waals surface area contributed by atoms with Gasteiger partial charge in [0.15, 0.2) is 0 Å².